The zero-order valence-corrected chi connectivity index (χ0v) is 18.4. The number of carbonyl (C=O) groups is 1. The van der Waals surface area contributed by atoms with E-state index in [1.807, 2.05) is 0 Å². The third kappa shape index (κ3) is 5.06. The Balaban J connectivity index is 1.78. The van der Waals surface area contributed by atoms with Crippen LogP contribution in [0.3, 0.4) is 0 Å². The zero-order valence-electron chi connectivity index (χ0n) is 16.8. The summed E-state index contributed by atoms with van der Waals surface area (Å²) in [5.41, 5.74) is 0.445. The molecule has 162 valence electrons. The van der Waals surface area contributed by atoms with Gasteiger partial charge in [-0.1, -0.05) is 11.6 Å². The number of esters is 1. The quantitative estimate of drug-likeness (QED) is 0.591. The molecule has 1 unspecified atom stereocenters. The van der Waals surface area contributed by atoms with Gasteiger partial charge in [-0.15, -0.1) is 0 Å². The van der Waals surface area contributed by atoms with E-state index in [2.05, 4.69) is 0 Å². The number of nitrogens with zero attached hydrogens (tertiary/aromatic N) is 1. The van der Waals surface area contributed by atoms with E-state index in [0.29, 0.717) is 18.0 Å². The van der Waals surface area contributed by atoms with Crippen molar-refractivity contribution in [3.05, 3.63) is 53.1 Å². The summed E-state index contributed by atoms with van der Waals surface area (Å²) in [6.07, 6.45) is 2.70. The maximum absolute atomic E-state index is 13.1. The molecule has 1 saturated heterocycles. The first kappa shape index (κ1) is 22.4. The van der Waals surface area contributed by atoms with Crippen LogP contribution < -0.4 is 9.04 Å². The molecule has 1 aliphatic heterocycles. The molecular weight excluding hydrogens is 430 g/mol. The minimum atomic E-state index is -3.92. The van der Waals surface area contributed by atoms with Crippen LogP contribution in [0.25, 0.3) is 0 Å². The number of halogens is 1. The predicted molar refractivity (Wildman–Crippen MR) is 114 cm³/mol. The Labute approximate surface area is 181 Å². The van der Waals surface area contributed by atoms with Crippen molar-refractivity contribution in [1.82, 2.24) is 0 Å². The van der Waals surface area contributed by atoms with Gasteiger partial charge in [0.05, 0.1) is 34.4 Å². The van der Waals surface area contributed by atoms with E-state index in [1.54, 1.807) is 24.3 Å². The fourth-order valence-electron chi connectivity index (χ4n) is 3.10. The number of methoxy groups -OCH3 is 1. The van der Waals surface area contributed by atoms with Crippen LogP contribution in [0.1, 0.15) is 29.6 Å². The van der Waals surface area contributed by atoms with Crippen molar-refractivity contribution in [2.24, 2.45) is 0 Å². The summed E-state index contributed by atoms with van der Waals surface area (Å²) in [5, 5.41) is 0.121. The molecule has 0 N–H and O–H groups in total. The molecule has 0 spiro atoms. The minimum Gasteiger partial charge on any atom is -0.497 e. The standard InChI is InChI=1S/C21H24ClNO6S/c1-23(15-6-8-16(27-2)9-7-15)30(25,26)18-10-11-20(22)19(13-18)21(24)29-14-17-5-3-4-12-28-17/h6-11,13,17H,3-5,12,14H2,1-2H3. The van der Waals surface area contributed by atoms with E-state index in [1.165, 1.54) is 32.4 Å². The molecule has 0 amide bonds. The fourth-order valence-corrected chi connectivity index (χ4v) is 4.51. The summed E-state index contributed by atoms with van der Waals surface area (Å²) in [5.74, 6) is -0.0682. The van der Waals surface area contributed by atoms with Gasteiger partial charge in [-0.2, -0.15) is 0 Å². The van der Waals surface area contributed by atoms with Gasteiger partial charge in [0.1, 0.15) is 12.4 Å². The number of rotatable bonds is 7. The van der Waals surface area contributed by atoms with Crippen LogP contribution >= 0.6 is 11.6 Å². The second kappa shape index (κ2) is 9.68. The first-order chi connectivity index (χ1) is 14.3. The van der Waals surface area contributed by atoms with Gasteiger partial charge in [-0.05, 0) is 61.7 Å². The second-order valence-corrected chi connectivity index (χ2v) is 9.28. The molecule has 2 aromatic rings. The molecule has 7 nitrogen and oxygen atoms in total. The van der Waals surface area contributed by atoms with Crippen LogP contribution in [-0.4, -0.2) is 47.9 Å². The molecular formula is C21H24ClNO6S. The smallest absolute Gasteiger partial charge is 0.339 e. The molecule has 30 heavy (non-hydrogen) atoms. The molecule has 1 atom stereocenters. The Morgan fingerprint density at radius 3 is 2.57 bits per heavy atom. The highest BCUT2D eigenvalue weighted by atomic mass is 35.5. The predicted octanol–water partition coefficient (Wildman–Crippen LogP) is 3.90. The molecule has 3 rings (SSSR count). The number of benzene rings is 2. The molecule has 0 saturated carbocycles. The van der Waals surface area contributed by atoms with Crippen molar-refractivity contribution in [2.45, 2.75) is 30.3 Å². The van der Waals surface area contributed by atoms with Crippen LogP contribution in [0.5, 0.6) is 5.75 Å². The number of ether oxygens (including phenoxy) is 3. The van der Waals surface area contributed by atoms with Gasteiger partial charge in [0.15, 0.2) is 0 Å². The lowest BCUT2D eigenvalue weighted by molar-refractivity contribution is -0.0300. The van der Waals surface area contributed by atoms with Crippen LogP contribution in [-0.2, 0) is 19.5 Å². The van der Waals surface area contributed by atoms with Crippen LogP contribution in [0.2, 0.25) is 5.02 Å². The fraction of sp³-hybridized carbons (Fsp3) is 0.381. The normalized spacial score (nSPS) is 16.7. The monoisotopic (exact) mass is 453 g/mol. The Morgan fingerprint density at radius 2 is 1.93 bits per heavy atom. The molecule has 0 aromatic heterocycles. The van der Waals surface area contributed by atoms with Crippen LogP contribution in [0, 0.1) is 0 Å². The highest BCUT2D eigenvalue weighted by Gasteiger charge is 2.25. The third-order valence-corrected chi connectivity index (χ3v) is 7.04. The first-order valence-electron chi connectivity index (χ1n) is 9.54. The SMILES string of the molecule is COc1ccc(N(C)S(=O)(=O)c2ccc(Cl)c(C(=O)OCC3CCCCO3)c2)cc1. The average Bonchev–Trinajstić information content (AvgIpc) is 2.77. The molecule has 1 aliphatic rings. The van der Waals surface area contributed by atoms with E-state index >= 15 is 0 Å². The lowest BCUT2D eigenvalue weighted by Gasteiger charge is -2.22. The number of hydrogen-bond donors (Lipinski definition) is 0. The summed E-state index contributed by atoms with van der Waals surface area (Å²) < 4.78 is 43.2. The van der Waals surface area contributed by atoms with Crippen LogP contribution in [0.15, 0.2) is 47.4 Å². The molecule has 0 radical (unpaired) electrons. The van der Waals surface area contributed by atoms with E-state index in [-0.39, 0.29) is 28.2 Å². The topological polar surface area (TPSA) is 82.1 Å². The second-order valence-electron chi connectivity index (χ2n) is 6.90. The van der Waals surface area contributed by atoms with Crippen LogP contribution in [0.4, 0.5) is 5.69 Å². The number of anilines is 1. The lowest BCUT2D eigenvalue weighted by Crippen LogP contribution is -2.27. The summed E-state index contributed by atoms with van der Waals surface area (Å²) >= 11 is 6.14. The molecule has 2 aromatic carbocycles. The molecule has 0 bridgehead atoms. The van der Waals surface area contributed by atoms with Gasteiger partial charge in [0.25, 0.3) is 10.0 Å². The van der Waals surface area contributed by atoms with Gasteiger partial charge in [0.2, 0.25) is 0 Å². The van der Waals surface area contributed by atoms with Crippen molar-refractivity contribution < 1.29 is 27.4 Å². The van der Waals surface area contributed by atoms with Gasteiger partial charge in [-0.3, -0.25) is 4.31 Å². The molecule has 9 heteroatoms. The van der Waals surface area contributed by atoms with Crippen molar-refractivity contribution in [2.75, 3.05) is 31.7 Å². The molecule has 0 aliphatic carbocycles. The van der Waals surface area contributed by atoms with E-state index < -0.39 is 16.0 Å². The van der Waals surface area contributed by atoms with Crippen molar-refractivity contribution in [3.63, 3.8) is 0 Å². The highest BCUT2D eigenvalue weighted by Crippen LogP contribution is 2.27. The maximum atomic E-state index is 13.1. The maximum Gasteiger partial charge on any atom is 0.339 e. The Hall–Kier alpha value is -2.29. The van der Waals surface area contributed by atoms with E-state index in [9.17, 15) is 13.2 Å². The largest absolute Gasteiger partial charge is 0.497 e. The molecule has 1 fully saturated rings. The third-order valence-electron chi connectivity index (χ3n) is 4.93. The van der Waals surface area contributed by atoms with Gasteiger partial charge < -0.3 is 14.2 Å². The first-order valence-corrected chi connectivity index (χ1v) is 11.4. The Kier molecular flexibility index (Phi) is 7.23. The Morgan fingerprint density at radius 1 is 1.20 bits per heavy atom. The highest BCUT2D eigenvalue weighted by molar-refractivity contribution is 7.92. The zero-order chi connectivity index (χ0) is 21.7. The van der Waals surface area contributed by atoms with E-state index in [4.69, 9.17) is 25.8 Å². The number of carbonyl (C=O) groups excluding carboxylic acids is 1. The van der Waals surface area contributed by atoms with Crippen molar-refractivity contribution in [3.8, 4) is 5.75 Å². The van der Waals surface area contributed by atoms with E-state index in [0.717, 1.165) is 23.6 Å². The lowest BCUT2D eigenvalue weighted by atomic mass is 10.1. The summed E-state index contributed by atoms with van der Waals surface area (Å²) in [7, 11) is -0.952. The summed E-state index contributed by atoms with van der Waals surface area (Å²) in [4.78, 5) is 12.4. The summed E-state index contributed by atoms with van der Waals surface area (Å²) in [6, 6.07) is 10.6. The Bertz CT molecular complexity index is 987. The average molecular weight is 454 g/mol. The van der Waals surface area contributed by atoms with Crippen molar-refractivity contribution >= 4 is 33.3 Å². The van der Waals surface area contributed by atoms with Gasteiger partial charge >= 0.3 is 5.97 Å². The molecule has 1 heterocycles. The number of sulfonamides is 1. The number of hydrogen-bond acceptors (Lipinski definition) is 6. The minimum absolute atomic E-state index is 0.00307. The van der Waals surface area contributed by atoms with Crippen molar-refractivity contribution in [1.29, 1.82) is 0 Å². The van der Waals surface area contributed by atoms with Gasteiger partial charge in [0, 0.05) is 13.7 Å². The summed E-state index contributed by atoms with van der Waals surface area (Å²) in [6.45, 7) is 0.756. The van der Waals surface area contributed by atoms with Gasteiger partial charge in [-0.25, -0.2) is 13.2 Å².